The highest BCUT2D eigenvalue weighted by molar-refractivity contribution is 5.92. The highest BCUT2D eigenvalue weighted by Crippen LogP contribution is 2.20. The Bertz CT molecular complexity index is 712. The lowest BCUT2D eigenvalue weighted by Gasteiger charge is -2.23. The first kappa shape index (κ1) is 18.6. The van der Waals surface area contributed by atoms with Crippen LogP contribution in [0.2, 0.25) is 0 Å². The van der Waals surface area contributed by atoms with Crippen LogP contribution in [0.25, 0.3) is 0 Å². The van der Waals surface area contributed by atoms with Gasteiger partial charge in [-0.15, -0.1) is 0 Å². The molecular formula is C20H29N5O. The van der Waals surface area contributed by atoms with Gasteiger partial charge in [0, 0.05) is 50.9 Å². The zero-order valence-corrected chi connectivity index (χ0v) is 15.9. The summed E-state index contributed by atoms with van der Waals surface area (Å²) in [5.74, 6) is 0.385. The smallest absolute Gasteiger partial charge is 0.269 e. The summed E-state index contributed by atoms with van der Waals surface area (Å²) >= 11 is 0. The number of rotatable bonds is 7. The van der Waals surface area contributed by atoms with Crippen molar-refractivity contribution in [3.63, 3.8) is 0 Å². The number of amides is 1. The molecule has 0 saturated carbocycles. The standard InChI is InChI=1S/C20H29N5O/c1-4-25-19(10-11-21-25)20(26)22-18-15-24(14-17(18)13-23(2)3)12-16-8-6-5-7-9-16/h5-11,17-18H,4,12-15H2,1-3H3,(H,22,26)/t17-,18-/m1/s1. The first-order valence-electron chi connectivity index (χ1n) is 9.30. The van der Waals surface area contributed by atoms with Crippen molar-refractivity contribution >= 4 is 5.91 Å². The average Bonchev–Trinajstić information content (AvgIpc) is 3.22. The molecule has 1 aliphatic heterocycles. The number of benzene rings is 1. The van der Waals surface area contributed by atoms with Crippen LogP contribution in [0.5, 0.6) is 0 Å². The van der Waals surface area contributed by atoms with E-state index in [0.717, 1.165) is 26.2 Å². The van der Waals surface area contributed by atoms with Gasteiger partial charge in [0.05, 0.1) is 0 Å². The summed E-state index contributed by atoms with van der Waals surface area (Å²) < 4.78 is 1.74. The molecule has 0 aliphatic carbocycles. The highest BCUT2D eigenvalue weighted by atomic mass is 16.2. The molecule has 0 radical (unpaired) electrons. The summed E-state index contributed by atoms with van der Waals surface area (Å²) in [6, 6.07) is 12.5. The second kappa shape index (κ2) is 8.47. The molecule has 140 valence electrons. The Morgan fingerprint density at radius 2 is 2.00 bits per heavy atom. The van der Waals surface area contributed by atoms with Crippen molar-refractivity contribution in [2.45, 2.75) is 26.1 Å². The van der Waals surface area contributed by atoms with Crippen molar-refractivity contribution in [3.05, 3.63) is 53.9 Å². The van der Waals surface area contributed by atoms with Crippen molar-refractivity contribution in [1.82, 2.24) is 24.9 Å². The van der Waals surface area contributed by atoms with Gasteiger partial charge in [-0.25, -0.2) is 0 Å². The monoisotopic (exact) mass is 355 g/mol. The predicted molar refractivity (Wildman–Crippen MR) is 103 cm³/mol. The Hall–Kier alpha value is -2.18. The van der Waals surface area contributed by atoms with Crippen LogP contribution >= 0.6 is 0 Å². The van der Waals surface area contributed by atoms with Gasteiger partial charge in [-0.1, -0.05) is 30.3 Å². The van der Waals surface area contributed by atoms with Crippen molar-refractivity contribution < 1.29 is 4.79 Å². The summed E-state index contributed by atoms with van der Waals surface area (Å²) in [6.07, 6.45) is 1.69. The van der Waals surface area contributed by atoms with Crippen LogP contribution < -0.4 is 5.32 Å². The van der Waals surface area contributed by atoms with E-state index in [1.807, 2.05) is 13.0 Å². The minimum absolute atomic E-state index is 0.0281. The normalized spacial score (nSPS) is 20.6. The average molecular weight is 355 g/mol. The Labute approximate surface area is 155 Å². The molecule has 0 unspecified atom stereocenters. The molecule has 1 aromatic carbocycles. The third-order valence-electron chi connectivity index (χ3n) is 4.93. The first-order valence-corrected chi connectivity index (χ1v) is 9.30. The van der Waals surface area contributed by atoms with Crippen molar-refractivity contribution in [3.8, 4) is 0 Å². The van der Waals surface area contributed by atoms with Crippen LogP contribution in [0, 0.1) is 5.92 Å². The molecule has 1 N–H and O–H groups in total. The van der Waals surface area contributed by atoms with E-state index in [9.17, 15) is 4.79 Å². The molecule has 0 bridgehead atoms. The number of nitrogens with zero attached hydrogens (tertiary/aromatic N) is 4. The van der Waals surface area contributed by atoms with E-state index in [1.54, 1.807) is 16.9 Å². The number of nitrogens with one attached hydrogen (secondary N) is 1. The molecule has 2 aromatic rings. The number of aromatic nitrogens is 2. The van der Waals surface area contributed by atoms with E-state index in [4.69, 9.17) is 0 Å². The summed E-state index contributed by atoms with van der Waals surface area (Å²) in [6.45, 7) is 6.44. The number of hydrogen-bond acceptors (Lipinski definition) is 4. The third kappa shape index (κ3) is 4.51. The van der Waals surface area contributed by atoms with E-state index in [-0.39, 0.29) is 11.9 Å². The van der Waals surface area contributed by atoms with Crippen LogP contribution in [-0.2, 0) is 13.1 Å². The van der Waals surface area contributed by atoms with E-state index in [2.05, 4.69) is 58.6 Å². The summed E-state index contributed by atoms with van der Waals surface area (Å²) in [5.41, 5.74) is 1.95. The van der Waals surface area contributed by atoms with Crippen LogP contribution in [0.15, 0.2) is 42.6 Å². The molecule has 6 heteroatoms. The Balaban J connectivity index is 1.68. The fourth-order valence-electron chi connectivity index (χ4n) is 3.77. The predicted octanol–water partition coefficient (Wildman–Crippen LogP) is 1.69. The molecular weight excluding hydrogens is 326 g/mol. The van der Waals surface area contributed by atoms with E-state index in [0.29, 0.717) is 18.2 Å². The number of aryl methyl sites for hydroxylation is 1. The van der Waals surface area contributed by atoms with Gasteiger partial charge in [0.2, 0.25) is 0 Å². The van der Waals surface area contributed by atoms with Gasteiger partial charge in [-0.2, -0.15) is 5.10 Å². The van der Waals surface area contributed by atoms with Gasteiger partial charge < -0.3 is 10.2 Å². The maximum Gasteiger partial charge on any atom is 0.269 e. The van der Waals surface area contributed by atoms with Crippen molar-refractivity contribution in [1.29, 1.82) is 0 Å². The maximum atomic E-state index is 12.7. The molecule has 2 atom stereocenters. The lowest BCUT2D eigenvalue weighted by atomic mass is 10.0. The lowest BCUT2D eigenvalue weighted by Crippen LogP contribution is -2.44. The maximum absolute atomic E-state index is 12.7. The number of likely N-dealkylation sites (tertiary alicyclic amines) is 1. The van der Waals surface area contributed by atoms with E-state index >= 15 is 0 Å². The zero-order valence-electron chi connectivity index (χ0n) is 15.9. The third-order valence-corrected chi connectivity index (χ3v) is 4.93. The van der Waals surface area contributed by atoms with Gasteiger partial charge in [0.25, 0.3) is 5.91 Å². The Morgan fingerprint density at radius 3 is 2.69 bits per heavy atom. The van der Waals surface area contributed by atoms with E-state index < -0.39 is 0 Å². The molecule has 1 aliphatic rings. The fourth-order valence-corrected chi connectivity index (χ4v) is 3.77. The van der Waals surface area contributed by atoms with Crippen LogP contribution in [0.4, 0.5) is 0 Å². The molecule has 1 fully saturated rings. The van der Waals surface area contributed by atoms with Crippen LogP contribution in [0.3, 0.4) is 0 Å². The molecule has 1 amide bonds. The largest absolute Gasteiger partial charge is 0.346 e. The molecule has 3 rings (SSSR count). The van der Waals surface area contributed by atoms with Gasteiger partial charge in [0.1, 0.15) is 5.69 Å². The zero-order chi connectivity index (χ0) is 18.5. The first-order chi connectivity index (χ1) is 12.6. The summed E-state index contributed by atoms with van der Waals surface area (Å²) in [5, 5.41) is 7.46. The molecule has 0 spiro atoms. The summed E-state index contributed by atoms with van der Waals surface area (Å²) in [7, 11) is 4.18. The number of carbonyl (C=O) groups is 1. The van der Waals surface area contributed by atoms with Crippen LogP contribution in [-0.4, -0.2) is 65.3 Å². The molecule has 26 heavy (non-hydrogen) atoms. The fraction of sp³-hybridized carbons (Fsp3) is 0.500. The van der Waals surface area contributed by atoms with Crippen molar-refractivity contribution in [2.75, 3.05) is 33.7 Å². The highest BCUT2D eigenvalue weighted by Gasteiger charge is 2.34. The van der Waals surface area contributed by atoms with Gasteiger partial charge >= 0.3 is 0 Å². The quantitative estimate of drug-likeness (QED) is 0.821. The molecule has 1 saturated heterocycles. The molecule has 6 nitrogen and oxygen atoms in total. The second-order valence-corrected chi connectivity index (χ2v) is 7.31. The SMILES string of the molecule is CCn1nccc1C(=O)N[C@@H]1CN(Cc2ccccc2)C[C@H]1CN(C)C. The summed E-state index contributed by atoms with van der Waals surface area (Å²) in [4.78, 5) is 17.4. The lowest BCUT2D eigenvalue weighted by molar-refractivity contribution is 0.0916. The molecule has 1 aromatic heterocycles. The Kier molecular flexibility index (Phi) is 6.06. The Morgan fingerprint density at radius 1 is 1.23 bits per heavy atom. The number of carbonyl (C=O) groups excluding carboxylic acids is 1. The molecule has 2 heterocycles. The topological polar surface area (TPSA) is 53.4 Å². The minimum Gasteiger partial charge on any atom is -0.346 e. The van der Waals surface area contributed by atoms with E-state index in [1.165, 1.54) is 5.56 Å². The van der Waals surface area contributed by atoms with Gasteiger partial charge in [-0.3, -0.25) is 14.4 Å². The van der Waals surface area contributed by atoms with Crippen LogP contribution in [0.1, 0.15) is 23.0 Å². The van der Waals surface area contributed by atoms with Gasteiger partial charge in [-0.05, 0) is 32.6 Å². The number of hydrogen-bond donors (Lipinski definition) is 1. The minimum atomic E-state index is -0.0281. The van der Waals surface area contributed by atoms with Gasteiger partial charge in [0.15, 0.2) is 0 Å². The second-order valence-electron chi connectivity index (χ2n) is 7.31. The van der Waals surface area contributed by atoms with Crippen molar-refractivity contribution in [2.24, 2.45) is 5.92 Å².